The summed E-state index contributed by atoms with van der Waals surface area (Å²) in [5.41, 5.74) is 1.59. The Kier molecular flexibility index (Phi) is 6.61. The molecule has 0 spiro atoms. The lowest BCUT2D eigenvalue weighted by atomic mass is 10.2. The number of aromatic nitrogens is 1. The zero-order valence-electron chi connectivity index (χ0n) is 16.4. The quantitative estimate of drug-likeness (QED) is 0.568. The molecule has 0 unspecified atom stereocenters. The van der Waals surface area contributed by atoms with E-state index in [-0.39, 0.29) is 4.90 Å². The molecule has 2 N–H and O–H groups in total. The fourth-order valence-corrected chi connectivity index (χ4v) is 3.46. The van der Waals surface area contributed by atoms with Crippen LogP contribution in [0.3, 0.4) is 0 Å². The molecule has 1 heterocycles. The number of pyridine rings is 1. The molecule has 29 heavy (non-hydrogen) atoms. The summed E-state index contributed by atoms with van der Waals surface area (Å²) >= 11 is 0. The van der Waals surface area contributed by atoms with Gasteiger partial charge in [-0.25, -0.2) is 4.98 Å². The highest BCUT2D eigenvalue weighted by atomic mass is 32.2. The van der Waals surface area contributed by atoms with Crippen LogP contribution < -0.4 is 14.4 Å². The fourth-order valence-electron chi connectivity index (χ4n) is 2.43. The largest absolute Gasteiger partial charge is 0.493 e. The first-order valence-electron chi connectivity index (χ1n) is 9.29. The van der Waals surface area contributed by atoms with Crippen LogP contribution in [0.1, 0.15) is 19.4 Å². The van der Waals surface area contributed by atoms with E-state index in [0.717, 1.165) is 11.3 Å². The van der Waals surface area contributed by atoms with E-state index in [9.17, 15) is 8.42 Å². The van der Waals surface area contributed by atoms with E-state index in [1.54, 1.807) is 42.7 Å². The number of H-pyrrole nitrogens is 1. The summed E-state index contributed by atoms with van der Waals surface area (Å²) in [6.45, 7) is 4.89. The molecule has 0 radical (unpaired) electrons. The standard InChI is InChI=1S/C22H23N3O3S/c1-17(2)16-28-20-10-6-18(7-11-20)15-24-19-8-12-21(13-9-19)29(26,27)25-22-5-3-4-14-23-22/h3-15,17H,16H2,1-2H3,(H,23,25)/p+1. The predicted octanol–water partition coefficient (Wildman–Crippen LogP) is 4.09. The Morgan fingerprint density at radius 2 is 1.76 bits per heavy atom. The molecule has 3 aromatic rings. The lowest BCUT2D eigenvalue weighted by molar-refractivity contribution is -0.360. The predicted molar refractivity (Wildman–Crippen MR) is 114 cm³/mol. The minimum atomic E-state index is -3.66. The number of anilines is 1. The summed E-state index contributed by atoms with van der Waals surface area (Å²) < 4.78 is 33.0. The Balaban J connectivity index is 1.64. The van der Waals surface area contributed by atoms with Crippen molar-refractivity contribution >= 4 is 27.7 Å². The number of nitrogens with zero attached hydrogens (tertiary/aromatic N) is 1. The molecule has 0 atom stereocenters. The molecule has 0 aliphatic carbocycles. The van der Waals surface area contributed by atoms with Crippen LogP contribution in [0, 0.1) is 5.92 Å². The van der Waals surface area contributed by atoms with Gasteiger partial charge in [0, 0.05) is 12.3 Å². The number of benzene rings is 2. The minimum absolute atomic E-state index is 0.167. The molecule has 0 aliphatic rings. The average molecular weight is 411 g/mol. The molecule has 6 nitrogen and oxygen atoms in total. The van der Waals surface area contributed by atoms with Gasteiger partial charge in [0.05, 0.1) is 18.5 Å². The van der Waals surface area contributed by atoms with Crippen LogP contribution in [0.25, 0.3) is 0 Å². The van der Waals surface area contributed by atoms with Crippen LogP contribution in [0.2, 0.25) is 0 Å². The maximum Gasteiger partial charge on any atom is 0.328 e. The van der Waals surface area contributed by atoms with Crippen molar-refractivity contribution in [2.45, 2.75) is 18.7 Å². The fraction of sp³-hybridized carbons (Fsp3) is 0.182. The van der Waals surface area contributed by atoms with Crippen molar-refractivity contribution in [3.63, 3.8) is 0 Å². The summed E-state index contributed by atoms with van der Waals surface area (Å²) in [6, 6.07) is 19.2. The number of aliphatic imine (C=N–C) groups is 1. The van der Waals surface area contributed by atoms with Gasteiger partial charge in [0.15, 0.2) is 0 Å². The normalized spacial score (nSPS) is 11.7. The highest BCUT2D eigenvalue weighted by Gasteiger charge is 2.19. The first-order chi connectivity index (χ1) is 13.9. The highest BCUT2D eigenvalue weighted by molar-refractivity contribution is 7.92. The zero-order chi connectivity index (χ0) is 20.7. The third kappa shape index (κ3) is 6.15. The summed E-state index contributed by atoms with van der Waals surface area (Å²) in [5.74, 6) is 1.70. The van der Waals surface area contributed by atoms with Crippen molar-refractivity contribution < 1.29 is 18.1 Å². The van der Waals surface area contributed by atoms with Crippen LogP contribution >= 0.6 is 0 Å². The second kappa shape index (κ2) is 9.34. The molecule has 2 aromatic carbocycles. The van der Waals surface area contributed by atoms with Crippen molar-refractivity contribution in [2.24, 2.45) is 10.9 Å². The number of sulfonamides is 1. The molecular formula is C22H24N3O3S+. The third-order valence-electron chi connectivity index (χ3n) is 3.93. The van der Waals surface area contributed by atoms with Gasteiger partial charge in [0.25, 0.3) is 5.82 Å². The molecule has 0 aliphatic heterocycles. The maximum atomic E-state index is 12.4. The monoisotopic (exact) mass is 410 g/mol. The van der Waals surface area contributed by atoms with E-state index in [2.05, 4.69) is 28.5 Å². The number of nitrogens with one attached hydrogen (secondary N) is 2. The van der Waals surface area contributed by atoms with E-state index in [1.807, 2.05) is 24.3 Å². The molecule has 7 heteroatoms. The summed E-state index contributed by atoms with van der Waals surface area (Å²) in [6.07, 6.45) is 3.38. The van der Waals surface area contributed by atoms with Crippen molar-refractivity contribution in [3.8, 4) is 5.75 Å². The second-order valence-electron chi connectivity index (χ2n) is 6.91. The average Bonchev–Trinajstić information content (AvgIpc) is 2.72. The smallest absolute Gasteiger partial charge is 0.328 e. The first kappa shape index (κ1) is 20.5. The Labute approximate surface area is 171 Å². The van der Waals surface area contributed by atoms with Gasteiger partial charge in [0.1, 0.15) is 10.6 Å². The molecular weight excluding hydrogens is 386 g/mol. The molecule has 0 amide bonds. The van der Waals surface area contributed by atoms with Gasteiger partial charge < -0.3 is 4.74 Å². The number of hydrogen-bond acceptors (Lipinski definition) is 4. The Hall–Kier alpha value is -3.19. The zero-order valence-corrected chi connectivity index (χ0v) is 17.2. The number of aromatic amines is 1. The van der Waals surface area contributed by atoms with Gasteiger partial charge >= 0.3 is 10.0 Å². The highest BCUT2D eigenvalue weighted by Crippen LogP contribution is 2.19. The molecule has 0 fully saturated rings. The van der Waals surface area contributed by atoms with E-state index >= 15 is 0 Å². The molecule has 0 saturated heterocycles. The van der Waals surface area contributed by atoms with Crippen LogP contribution in [0.4, 0.5) is 11.5 Å². The van der Waals surface area contributed by atoms with Gasteiger partial charge in [-0.3, -0.25) is 4.99 Å². The Bertz CT molecular complexity index is 1050. The number of hydrogen-bond donors (Lipinski definition) is 1. The Morgan fingerprint density at radius 3 is 2.38 bits per heavy atom. The Morgan fingerprint density at radius 1 is 1.03 bits per heavy atom. The number of ether oxygens (including phenoxy) is 1. The van der Waals surface area contributed by atoms with Crippen molar-refractivity contribution in [1.82, 2.24) is 0 Å². The van der Waals surface area contributed by atoms with Crippen LogP contribution in [-0.4, -0.2) is 21.2 Å². The van der Waals surface area contributed by atoms with Gasteiger partial charge in [-0.2, -0.15) is 13.1 Å². The van der Waals surface area contributed by atoms with Gasteiger partial charge in [-0.05, 0) is 66.1 Å². The topological polar surface area (TPSA) is 81.9 Å². The van der Waals surface area contributed by atoms with E-state index in [4.69, 9.17) is 4.74 Å². The van der Waals surface area contributed by atoms with Crippen LogP contribution in [0.15, 0.2) is 82.8 Å². The third-order valence-corrected chi connectivity index (χ3v) is 5.31. The van der Waals surface area contributed by atoms with Gasteiger partial charge in [0.2, 0.25) is 0 Å². The second-order valence-corrected chi connectivity index (χ2v) is 8.59. The van der Waals surface area contributed by atoms with E-state index in [1.165, 1.54) is 12.1 Å². The van der Waals surface area contributed by atoms with Gasteiger partial charge in [-0.1, -0.05) is 19.9 Å². The molecule has 0 bridgehead atoms. The lowest BCUT2D eigenvalue weighted by Crippen LogP contribution is -2.19. The van der Waals surface area contributed by atoms with E-state index < -0.39 is 10.0 Å². The first-order valence-corrected chi connectivity index (χ1v) is 10.8. The van der Waals surface area contributed by atoms with Crippen LogP contribution in [-0.2, 0) is 10.0 Å². The summed E-state index contributed by atoms with van der Waals surface area (Å²) in [5, 5.41) is 0. The maximum absolute atomic E-state index is 12.4. The summed E-state index contributed by atoms with van der Waals surface area (Å²) in [7, 11) is -3.66. The lowest BCUT2D eigenvalue weighted by Gasteiger charge is -2.08. The molecule has 0 saturated carbocycles. The van der Waals surface area contributed by atoms with Crippen molar-refractivity contribution in [3.05, 3.63) is 78.5 Å². The SMILES string of the molecule is CC(C)COc1ccc(C=Nc2ccc(S(=O)(=O)Nc3cccc[nH+]3)cc2)cc1. The van der Waals surface area contributed by atoms with Crippen molar-refractivity contribution in [2.75, 3.05) is 11.3 Å². The molecule has 3 rings (SSSR count). The van der Waals surface area contributed by atoms with Crippen molar-refractivity contribution in [1.29, 1.82) is 0 Å². The minimum Gasteiger partial charge on any atom is -0.493 e. The van der Waals surface area contributed by atoms with Gasteiger partial charge in [-0.15, -0.1) is 0 Å². The molecule has 1 aromatic heterocycles. The van der Waals surface area contributed by atoms with Crippen LogP contribution in [0.5, 0.6) is 5.75 Å². The van der Waals surface area contributed by atoms with E-state index in [0.29, 0.717) is 24.0 Å². The summed E-state index contributed by atoms with van der Waals surface area (Å²) in [4.78, 5) is 7.41. The molecule has 150 valence electrons. The number of rotatable bonds is 8.